The van der Waals surface area contributed by atoms with Crippen LogP contribution in [0.15, 0.2) is 12.3 Å². The van der Waals surface area contributed by atoms with E-state index in [2.05, 4.69) is 40.3 Å². The number of hydroxylamine groups is 1. The van der Waals surface area contributed by atoms with Crippen LogP contribution in [0.5, 0.6) is 0 Å². The van der Waals surface area contributed by atoms with Gasteiger partial charge in [0, 0.05) is 29.4 Å². The van der Waals surface area contributed by atoms with Crippen LogP contribution in [0.25, 0.3) is 0 Å². The fraction of sp³-hybridized carbons (Fsp3) is 0.684. The normalized spacial score (nSPS) is 31.5. The molecule has 2 aliphatic heterocycles. The Balaban J connectivity index is 1.46. The van der Waals surface area contributed by atoms with Crippen molar-refractivity contribution < 1.29 is 4.84 Å². The Hall–Kier alpha value is -0.990. The van der Waals surface area contributed by atoms with E-state index in [-0.39, 0.29) is 11.5 Å². The van der Waals surface area contributed by atoms with Crippen molar-refractivity contribution in [2.75, 3.05) is 13.2 Å². The maximum atomic E-state index is 6.42. The first-order chi connectivity index (χ1) is 13.1. The average molecular weight is 408 g/mol. The lowest BCUT2D eigenvalue weighted by molar-refractivity contribution is 0.0153. The molecule has 3 unspecified atom stereocenters. The van der Waals surface area contributed by atoms with E-state index in [1.54, 1.807) is 11.3 Å². The van der Waals surface area contributed by atoms with Crippen LogP contribution in [0.4, 0.5) is 0 Å². The molecule has 2 N–H and O–H groups in total. The summed E-state index contributed by atoms with van der Waals surface area (Å²) in [6.07, 6.45) is 7.71. The summed E-state index contributed by atoms with van der Waals surface area (Å²) in [5.41, 5.74) is 5.62. The van der Waals surface area contributed by atoms with Gasteiger partial charge in [-0.2, -0.15) is 0 Å². The minimum atomic E-state index is 0.00314. The molecule has 3 aliphatic rings. The summed E-state index contributed by atoms with van der Waals surface area (Å²) < 4.78 is 2.90. The molecule has 0 radical (unpaired) electrons. The van der Waals surface area contributed by atoms with Gasteiger partial charge in [0.2, 0.25) is 0 Å². The van der Waals surface area contributed by atoms with Crippen LogP contribution in [0, 0.1) is 5.92 Å². The number of hydrogen-bond acceptors (Lipinski definition) is 6. The smallest absolute Gasteiger partial charge is 0.0996 e. The largest absolute Gasteiger partial charge is 0.306 e. The topological polar surface area (TPSA) is 64.0 Å². The molecule has 1 aliphatic carbocycles. The van der Waals surface area contributed by atoms with Crippen LogP contribution >= 0.6 is 22.9 Å². The minimum Gasteiger partial charge on any atom is -0.306 e. The molecule has 2 fully saturated rings. The van der Waals surface area contributed by atoms with Gasteiger partial charge in [-0.05, 0) is 56.6 Å². The maximum absolute atomic E-state index is 6.42. The Bertz CT molecular complexity index is 819. The van der Waals surface area contributed by atoms with Gasteiger partial charge in [0.05, 0.1) is 28.9 Å². The molecular formula is C19H26ClN5OS. The van der Waals surface area contributed by atoms with Crippen molar-refractivity contribution in [2.24, 2.45) is 5.92 Å². The summed E-state index contributed by atoms with van der Waals surface area (Å²) >= 11 is 8.16. The predicted octanol–water partition coefficient (Wildman–Crippen LogP) is 3.23. The Morgan fingerprint density at radius 1 is 1.41 bits per heavy atom. The maximum Gasteiger partial charge on any atom is 0.0996 e. The van der Waals surface area contributed by atoms with Gasteiger partial charge >= 0.3 is 0 Å². The molecule has 27 heavy (non-hydrogen) atoms. The average Bonchev–Trinajstić information content (AvgIpc) is 3.17. The lowest BCUT2D eigenvalue weighted by atomic mass is 9.70. The van der Waals surface area contributed by atoms with Crippen LogP contribution in [0.2, 0.25) is 4.34 Å². The minimum absolute atomic E-state index is 0.00314. The van der Waals surface area contributed by atoms with Crippen LogP contribution in [-0.2, 0) is 23.2 Å². The zero-order valence-corrected chi connectivity index (χ0v) is 17.2. The van der Waals surface area contributed by atoms with Crippen molar-refractivity contribution >= 4 is 22.9 Å². The van der Waals surface area contributed by atoms with Gasteiger partial charge in [-0.15, -0.1) is 16.4 Å². The van der Waals surface area contributed by atoms with E-state index >= 15 is 0 Å². The number of thiophene rings is 1. The van der Waals surface area contributed by atoms with Gasteiger partial charge in [0.25, 0.3) is 0 Å². The molecule has 6 nitrogen and oxygen atoms in total. The van der Waals surface area contributed by atoms with Gasteiger partial charge in [-0.25, -0.2) is 5.48 Å². The second-order valence-electron chi connectivity index (χ2n) is 8.44. The fourth-order valence-corrected chi connectivity index (χ4v) is 6.21. The lowest BCUT2D eigenvalue weighted by Gasteiger charge is -2.44. The summed E-state index contributed by atoms with van der Waals surface area (Å²) in [4.78, 5) is 7.08. The van der Waals surface area contributed by atoms with Crippen molar-refractivity contribution in [1.29, 1.82) is 0 Å². The van der Waals surface area contributed by atoms with E-state index in [1.165, 1.54) is 23.3 Å². The Kier molecular flexibility index (Phi) is 4.76. The quantitative estimate of drug-likeness (QED) is 0.817. The molecule has 1 saturated carbocycles. The van der Waals surface area contributed by atoms with Crippen molar-refractivity contribution in [2.45, 2.75) is 63.1 Å². The van der Waals surface area contributed by atoms with E-state index < -0.39 is 0 Å². The first-order valence-corrected chi connectivity index (χ1v) is 11.1. The Morgan fingerprint density at radius 2 is 2.30 bits per heavy atom. The third kappa shape index (κ3) is 3.68. The summed E-state index contributed by atoms with van der Waals surface area (Å²) in [5.74, 6) is 0.798. The van der Waals surface area contributed by atoms with Gasteiger partial charge in [0.15, 0.2) is 0 Å². The molecule has 0 bridgehead atoms. The van der Waals surface area contributed by atoms with Crippen LogP contribution in [-0.4, -0.2) is 34.2 Å². The van der Waals surface area contributed by atoms with Crippen molar-refractivity contribution in [1.82, 2.24) is 25.8 Å². The van der Waals surface area contributed by atoms with Gasteiger partial charge < -0.3 is 10.2 Å². The molecule has 0 aromatic carbocycles. The number of halogens is 1. The summed E-state index contributed by atoms with van der Waals surface area (Å²) in [6, 6.07) is 2.70. The molecule has 1 spiro atoms. The van der Waals surface area contributed by atoms with Crippen LogP contribution < -0.4 is 10.8 Å². The van der Waals surface area contributed by atoms with E-state index in [9.17, 15) is 0 Å². The van der Waals surface area contributed by atoms with Gasteiger partial charge in [-0.3, -0.25) is 4.68 Å². The summed E-state index contributed by atoms with van der Waals surface area (Å²) in [5, 5.41) is 12.6. The van der Waals surface area contributed by atoms with Crippen LogP contribution in [0.1, 0.15) is 54.8 Å². The molecule has 8 heteroatoms. The fourth-order valence-electron chi connectivity index (χ4n) is 4.70. The van der Waals surface area contributed by atoms with E-state index in [0.717, 1.165) is 48.3 Å². The van der Waals surface area contributed by atoms with E-state index in [1.807, 2.05) is 4.68 Å². The third-order valence-electron chi connectivity index (χ3n) is 6.08. The predicted molar refractivity (Wildman–Crippen MR) is 106 cm³/mol. The highest BCUT2D eigenvalue weighted by atomic mass is 35.5. The summed E-state index contributed by atoms with van der Waals surface area (Å²) in [7, 11) is 0. The highest BCUT2D eigenvalue weighted by Gasteiger charge is 2.44. The van der Waals surface area contributed by atoms with E-state index in [4.69, 9.17) is 16.4 Å². The van der Waals surface area contributed by atoms with E-state index in [0.29, 0.717) is 12.6 Å². The molecule has 146 valence electrons. The van der Waals surface area contributed by atoms with Crippen molar-refractivity contribution in [3.63, 3.8) is 0 Å². The zero-order chi connectivity index (χ0) is 18.4. The third-order valence-corrected chi connectivity index (χ3v) is 7.63. The summed E-state index contributed by atoms with van der Waals surface area (Å²) in [6.45, 7) is 4.75. The van der Waals surface area contributed by atoms with Crippen molar-refractivity contribution in [3.05, 3.63) is 32.7 Å². The Labute approximate surface area is 168 Å². The molecule has 1 saturated heterocycles. The van der Waals surface area contributed by atoms with Crippen LogP contribution in [0.3, 0.4) is 0 Å². The first-order valence-electron chi connectivity index (χ1n) is 9.91. The first kappa shape index (κ1) is 18.1. The molecule has 0 amide bonds. The molecule has 3 atom stereocenters. The second kappa shape index (κ2) is 7.12. The number of piperidine rings is 1. The van der Waals surface area contributed by atoms with Crippen molar-refractivity contribution in [3.8, 4) is 0 Å². The second-order valence-corrected chi connectivity index (χ2v) is 10.1. The number of nitrogens with one attached hydrogen (secondary N) is 2. The standard InChI is InChI=1S/C19H26ClN5OS/c1-12-7-19(11-21-26-5-4-14-6-17(20)27-18(14)19)8-15(22-12)16-10-25(24-23-16)9-13-2-3-13/h6,10,12-13,15,21-22H,2-5,7-9,11H2,1H3. The number of aromatic nitrogens is 3. The highest BCUT2D eigenvalue weighted by molar-refractivity contribution is 7.16. The lowest BCUT2D eigenvalue weighted by Crippen LogP contribution is -2.52. The number of nitrogens with zero attached hydrogens (tertiary/aromatic N) is 3. The number of hydrogen-bond donors (Lipinski definition) is 2. The molecule has 5 rings (SSSR count). The molecule has 2 aromatic heterocycles. The molecule has 2 aromatic rings. The monoisotopic (exact) mass is 407 g/mol. The molecular weight excluding hydrogens is 382 g/mol. The Morgan fingerprint density at radius 3 is 3.15 bits per heavy atom. The zero-order valence-electron chi connectivity index (χ0n) is 15.6. The van der Waals surface area contributed by atoms with Gasteiger partial charge in [0.1, 0.15) is 0 Å². The highest BCUT2D eigenvalue weighted by Crippen LogP contribution is 2.47. The number of fused-ring (bicyclic) bond motifs is 2. The number of rotatable bonds is 3. The van der Waals surface area contributed by atoms with Gasteiger partial charge in [-0.1, -0.05) is 16.8 Å². The molecule has 4 heterocycles. The SMILES string of the molecule is CC1CC2(CNOCCc3cc(Cl)sc32)CC(c2cn(CC3CC3)nn2)N1.